The van der Waals surface area contributed by atoms with E-state index < -0.39 is 0 Å². The number of aryl methyl sites for hydroxylation is 1. The minimum atomic E-state index is -0.388. The normalized spacial score (nSPS) is 11.1. The van der Waals surface area contributed by atoms with E-state index in [-0.39, 0.29) is 17.2 Å². The monoisotopic (exact) mass is 402 g/mol. The molecule has 2 amide bonds. The van der Waals surface area contributed by atoms with Crippen molar-refractivity contribution < 1.29 is 9.59 Å². The third-order valence-electron chi connectivity index (χ3n) is 3.01. The van der Waals surface area contributed by atoms with Gasteiger partial charge in [0.15, 0.2) is 0 Å². The Morgan fingerprint density at radius 2 is 1.90 bits per heavy atom. The van der Waals surface area contributed by atoms with Crippen molar-refractivity contribution in [1.29, 1.82) is 0 Å². The topological polar surface area (TPSA) is 58.2 Å². The zero-order valence-corrected chi connectivity index (χ0v) is 15.2. The first-order valence-electron chi connectivity index (χ1n) is 7.04. The Labute approximate surface area is 140 Å². The van der Waals surface area contributed by atoms with Gasteiger partial charge in [0.25, 0.3) is 0 Å². The summed E-state index contributed by atoms with van der Waals surface area (Å²) in [5.74, 6) is -0.0132. The molecule has 5 heteroatoms. The molecule has 0 radical (unpaired) electrons. The summed E-state index contributed by atoms with van der Waals surface area (Å²) in [5, 5.41) is 5.74. The lowest BCUT2D eigenvalue weighted by Crippen LogP contribution is -2.35. The van der Waals surface area contributed by atoms with Gasteiger partial charge in [-0.15, -0.1) is 0 Å². The zero-order valence-electron chi connectivity index (χ0n) is 13.0. The first-order valence-corrected chi connectivity index (χ1v) is 8.12. The lowest BCUT2D eigenvalue weighted by atomic mass is 9.96. The van der Waals surface area contributed by atoms with Gasteiger partial charge in [-0.3, -0.25) is 9.59 Å². The van der Waals surface area contributed by atoms with Gasteiger partial charge in [0.1, 0.15) is 0 Å². The number of hydrogen-bond acceptors (Lipinski definition) is 2. The van der Waals surface area contributed by atoms with Crippen molar-refractivity contribution in [2.75, 3.05) is 11.9 Å². The van der Waals surface area contributed by atoms with Gasteiger partial charge in [-0.25, -0.2) is 0 Å². The molecular weight excluding hydrogens is 379 g/mol. The van der Waals surface area contributed by atoms with Crippen LogP contribution in [0.3, 0.4) is 0 Å². The maximum Gasteiger partial charge on any atom is 0.225 e. The minimum Gasteiger partial charge on any atom is -0.356 e. The number of carbonyl (C=O) groups excluding carboxylic acids is 2. The second-order valence-corrected chi connectivity index (χ2v) is 7.36. The number of carbonyl (C=O) groups is 2. The second kappa shape index (κ2) is 7.77. The maximum absolute atomic E-state index is 11.9. The molecular formula is C16H23IN2O2. The molecule has 116 valence electrons. The predicted octanol–water partition coefficient (Wildman–Crippen LogP) is 3.48. The van der Waals surface area contributed by atoms with Gasteiger partial charge in [0, 0.05) is 27.6 Å². The summed E-state index contributed by atoms with van der Waals surface area (Å²) in [6.07, 6.45) is 1.03. The highest BCUT2D eigenvalue weighted by molar-refractivity contribution is 14.1. The van der Waals surface area contributed by atoms with Crippen molar-refractivity contribution in [2.45, 2.75) is 40.5 Å². The Bertz CT molecular complexity index is 521. The van der Waals surface area contributed by atoms with Gasteiger partial charge >= 0.3 is 0 Å². The van der Waals surface area contributed by atoms with Crippen molar-refractivity contribution in [1.82, 2.24) is 5.32 Å². The fraction of sp³-hybridized carbons (Fsp3) is 0.500. The van der Waals surface area contributed by atoms with Gasteiger partial charge in [-0.2, -0.15) is 0 Å². The van der Waals surface area contributed by atoms with Crippen molar-refractivity contribution in [3.05, 3.63) is 27.3 Å². The van der Waals surface area contributed by atoms with E-state index in [1.54, 1.807) is 0 Å². The SMILES string of the molecule is Cc1cc(I)ccc1NC(=O)CCCNC(=O)C(C)(C)C. The molecule has 0 bridgehead atoms. The Kier molecular flexibility index (Phi) is 6.64. The average molecular weight is 402 g/mol. The van der Waals surface area contributed by atoms with Crippen LogP contribution in [-0.4, -0.2) is 18.4 Å². The molecule has 0 saturated carbocycles. The third kappa shape index (κ3) is 6.46. The number of hydrogen-bond donors (Lipinski definition) is 2. The zero-order chi connectivity index (χ0) is 16.0. The van der Waals surface area contributed by atoms with Crippen molar-refractivity contribution in [2.24, 2.45) is 5.41 Å². The molecule has 0 heterocycles. The summed E-state index contributed by atoms with van der Waals surface area (Å²) < 4.78 is 1.15. The Morgan fingerprint density at radius 3 is 2.48 bits per heavy atom. The smallest absolute Gasteiger partial charge is 0.225 e. The summed E-state index contributed by atoms with van der Waals surface area (Å²) >= 11 is 2.24. The number of halogens is 1. The molecule has 0 unspecified atom stereocenters. The Balaban J connectivity index is 2.33. The van der Waals surface area contributed by atoms with Gasteiger partial charge in [0.05, 0.1) is 0 Å². The molecule has 1 aromatic rings. The van der Waals surface area contributed by atoms with Crippen LogP contribution >= 0.6 is 22.6 Å². The molecule has 0 aliphatic rings. The fourth-order valence-corrected chi connectivity index (χ4v) is 2.34. The van der Waals surface area contributed by atoms with E-state index in [1.807, 2.05) is 45.9 Å². The standard InChI is InChI=1S/C16H23IN2O2/c1-11-10-12(17)7-8-13(11)19-14(20)6-5-9-18-15(21)16(2,3)4/h7-8,10H,5-6,9H2,1-4H3,(H,18,21)(H,19,20). The highest BCUT2D eigenvalue weighted by atomic mass is 127. The van der Waals surface area contributed by atoms with Gasteiger partial charge < -0.3 is 10.6 Å². The maximum atomic E-state index is 11.9. The second-order valence-electron chi connectivity index (χ2n) is 6.12. The molecule has 21 heavy (non-hydrogen) atoms. The van der Waals surface area contributed by atoms with Crippen LogP contribution in [0, 0.1) is 15.9 Å². The highest BCUT2D eigenvalue weighted by Gasteiger charge is 2.20. The summed E-state index contributed by atoms with van der Waals surface area (Å²) in [5.41, 5.74) is 1.51. The van der Waals surface area contributed by atoms with Crippen LogP contribution in [0.15, 0.2) is 18.2 Å². The summed E-state index contributed by atoms with van der Waals surface area (Å²) in [7, 11) is 0. The van der Waals surface area contributed by atoms with Crippen LogP contribution in [0.1, 0.15) is 39.2 Å². The summed E-state index contributed by atoms with van der Waals surface area (Å²) in [6.45, 7) is 8.11. The van der Waals surface area contributed by atoms with E-state index in [0.29, 0.717) is 19.4 Å². The molecule has 0 aromatic heterocycles. The fourth-order valence-electron chi connectivity index (χ4n) is 1.70. The van der Waals surface area contributed by atoms with Crippen LogP contribution < -0.4 is 10.6 Å². The van der Waals surface area contributed by atoms with Gasteiger partial charge in [-0.05, 0) is 59.7 Å². The van der Waals surface area contributed by atoms with E-state index in [0.717, 1.165) is 14.8 Å². The lowest BCUT2D eigenvalue weighted by Gasteiger charge is -2.17. The van der Waals surface area contributed by atoms with Crippen molar-refractivity contribution in [3.8, 4) is 0 Å². The van der Waals surface area contributed by atoms with E-state index >= 15 is 0 Å². The number of nitrogens with one attached hydrogen (secondary N) is 2. The number of amides is 2. The minimum absolute atomic E-state index is 0.0105. The average Bonchev–Trinajstić information content (AvgIpc) is 2.36. The van der Waals surface area contributed by atoms with E-state index in [4.69, 9.17) is 0 Å². The molecule has 0 aliphatic carbocycles. The molecule has 0 spiro atoms. The predicted molar refractivity (Wildman–Crippen MR) is 94.2 cm³/mol. The Morgan fingerprint density at radius 1 is 1.24 bits per heavy atom. The third-order valence-corrected chi connectivity index (χ3v) is 3.68. The molecule has 4 nitrogen and oxygen atoms in total. The van der Waals surface area contributed by atoms with Gasteiger partial charge in [0.2, 0.25) is 11.8 Å². The molecule has 1 rings (SSSR count). The largest absolute Gasteiger partial charge is 0.356 e. The van der Waals surface area contributed by atoms with Crippen LogP contribution in [0.25, 0.3) is 0 Å². The van der Waals surface area contributed by atoms with Crippen molar-refractivity contribution >= 4 is 40.1 Å². The highest BCUT2D eigenvalue weighted by Crippen LogP contribution is 2.18. The van der Waals surface area contributed by atoms with E-state index in [9.17, 15) is 9.59 Å². The molecule has 2 N–H and O–H groups in total. The summed E-state index contributed by atoms with van der Waals surface area (Å²) in [4.78, 5) is 23.5. The van der Waals surface area contributed by atoms with E-state index in [1.165, 1.54) is 0 Å². The van der Waals surface area contributed by atoms with E-state index in [2.05, 4.69) is 33.2 Å². The quantitative estimate of drug-likeness (QED) is 0.585. The molecule has 1 aromatic carbocycles. The van der Waals surface area contributed by atoms with Crippen LogP contribution in [0.5, 0.6) is 0 Å². The molecule has 0 saturated heterocycles. The number of anilines is 1. The van der Waals surface area contributed by atoms with Crippen LogP contribution in [-0.2, 0) is 9.59 Å². The van der Waals surface area contributed by atoms with Crippen LogP contribution in [0.2, 0.25) is 0 Å². The first-order chi connectivity index (χ1) is 9.70. The van der Waals surface area contributed by atoms with Crippen molar-refractivity contribution in [3.63, 3.8) is 0 Å². The molecule has 0 fully saturated rings. The first kappa shape index (κ1) is 17.9. The number of rotatable bonds is 5. The van der Waals surface area contributed by atoms with Crippen LogP contribution in [0.4, 0.5) is 5.69 Å². The number of benzene rings is 1. The lowest BCUT2D eigenvalue weighted by molar-refractivity contribution is -0.128. The molecule has 0 atom stereocenters. The Hall–Kier alpha value is -1.11. The van der Waals surface area contributed by atoms with Gasteiger partial charge in [-0.1, -0.05) is 20.8 Å². The summed E-state index contributed by atoms with van der Waals surface area (Å²) in [6, 6.07) is 5.91. The molecule has 0 aliphatic heterocycles.